The number of carbonyl (C=O) groups excluding carboxylic acids is 1. The Kier molecular flexibility index (Phi) is 5.11. The maximum Gasteiger partial charge on any atom is 0.416 e. The van der Waals surface area contributed by atoms with Crippen LogP contribution in [0, 0.1) is 5.92 Å². The van der Waals surface area contributed by atoms with Crippen molar-refractivity contribution in [3.63, 3.8) is 0 Å². The molecule has 1 saturated heterocycles. The molecule has 1 aliphatic rings. The molecule has 0 saturated carbocycles. The van der Waals surface area contributed by atoms with Crippen LogP contribution in [0.2, 0.25) is 0 Å². The van der Waals surface area contributed by atoms with Crippen molar-refractivity contribution < 1.29 is 18.0 Å². The number of carbonyl (C=O) groups is 1. The number of hydrogen-bond donors (Lipinski definition) is 1. The summed E-state index contributed by atoms with van der Waals surface area (Å²) in [4.78, 5) is 22.8. The standard InChI is InChI=1S/C18H19F3N4O/c1-12-5-7-25(8-6-12)17-22-10-15(11-23-17)24-16(26)13-3-2-4-14(9-13)18(19,20)21/h2-4,9-12H,5-8H2,1H3,(H,24,26). The molecule has 1 amide bonds. The maximum atomic E-state index is 12.7. The van der Waals surface area contributed by atoms with Crippen molar-refractivity contribution in [3.05, 3.63) is 47.8 Å². The smallest absolute Gasteiger partial charge is 0.341 e. The molecule has 1 fully saturated rings. The summed E-state index contributed by atoms with van der Waals surface area (Å²) in [6, 6.07) is 4.27. The second-order valence-corrected chi connectivity index (χ2v) is 6.47. The van der Waals surface area contributed by atoms with Crippen LogP contribution in [0.3, 0.4) is 0 Å². The third-order valence-electron chi connectivity index (χ3n) is 4.41. The summed E-state index contributed by atoms with van der Waals surface area (Å²) in [6.07, 6.45) is 0.597. The summed E-state index contributed by atoms with van der Waals surface area (Å²) in [5.41, 5.74) is -0.605. The Morgan fingerprint density at radius 3 is 2.46 bits per heavy atom. The molecule has 1 N–H and O–H groups in total. The topological polar surface area (TPSA) is 58.1 Å². The van der Waals surface area contributed by atoms with Crippen LogP contribution in [0.4, 0.5) is 24.8 Å². The van der Waals surface area contributed by atoms with Gasteiger partial charge in [0.1, 0.15) is 0 Å². The highest BCUT2D eigenvalue weighted by atomic mass is 19.4. The van der Waals surface area contributed by atoms with E-state index in [1.807, 2.05) is 0 Å². The third kappa shape index (κ3) is 4.30. The number of nitrogens with one attached hydrogen (secondary N) is 1. The number of halogens is 3. The summed E-state index contributed by atoms with van der Waals surface area (Å²) < 4.78 is 38.2. The van der Waals surface area contributed by atoms with Crippen molar-refractivity contribution in [3.8, 4) is 0 Å². The predicted octanol–water partition coefficient (Wildman–Crippen LogP) is 3.98. The van der Waals surface area contributed by atoms with Gasteiger partial charge in [-0.05, 0) is 37.0 Å². The molecule has 0 aliphatic carbocycles. The number of alkyl halides is 3. The normalized spacial score (nSPS) is 15.8. The zero-order chi connectivity index (χ0) is 18.7. The molecular formula is C18H19F3N4O. The van der Waals surface area contributed by atoms with Crippen LogP contribution >= 0.6 is 0 Å². The van der Waals surface area contributed by atoms with E-state index in [1.165, 1.54) is 24.5 Å². The molecular weight excluding hydrogens is 345 g/mol. The lowest BCUT2D eigenvalue weighted by Gasteiger charge is -2.30. The Hall–Kier alpha value is -2.64. The van der Waals surface area contributed by atoms with Gasteiger partial charge >= 0.3 is 6.18 Å². The Bertz CT molecular complexity index is 769. The number of piperidine rings is 1. The molecule has 1 aromatic carbocycles. The van der Waals surface area contributed by atoms with E-state index in [-0.39, 0.29) is 5.56 Å². The van der Waals surface area contributed by atoms with Crippen molar-refractivity contribution >= 4 is 17.5 Å². The monoisotopic (exact) mass is 364 g/mol. The quantitative estimate of drug-likeness (QED) is 0.895. The fourth-order valence-corrected chi connectivity index (χ4v) is 2.80. The summed E-state index contributed by atoms with van der Waals surface area (Å²) in [7, 11) is 0. The zero-order valence-electron chi connectivity index (χ0n) is 14.3. The Labute approximate surface area is 149 Å². The van der Waals surface area contributed by atoms with E-state index in [1.54, 1.807) is 0 Å². The average Bonchev–Trinajstić information content (AvgIpc) is 2.62. The molecule has 1 aliphatic heterocycles. The van der Waals surface area contributed by atoms with Crippen LogP contribution in [-0.4, -0.2) is 29.0 Å². The first-order chi connectivity index (χ1) is 12.3. The van der Waals surface area contributed by atoms with Crippen LogP contribution in [0.25, 0.3) is 0 Å². The fourth-order valence-electron chi connectivity index (χ4n) is 2.80. The van der Waals surface area contributed by atoms with E-state index < -0.39 is 17.6 Å². The number of rotatable bonds is 3. The highest BCUT2D eigenvalue weighted by Crippen LogP contribution is 2.29. The summed E-state index contributed by atoms with van der Waals surface area (Å²) in [6.45, 7) is 3.98. The van der Waals surface area contributed by atoms with Gasteiger partial charge in [0.05, 0.1) is 23.6 Å². The van der Waals surface area contributed by atoms with Crippen LogP contribution in [0.5, 0.6) is 0 Å². The van der Waals surface area contributed by atoms with Gasteiger partial charge in [0.25, 0.3) is 5.91 Å². The predicted molar refractivity (Wildman–Crippen MR) is 92.0 cm³/mol. The lowest BCUT2D eigenvalue weighted by molar-refractivity contribution is -0.137. The highest BCUT2D eigenvalue weighted by Gasteiger charge is 2.30. The minimum atomic E-state index is -4.49. The van der Waals surface area contributed by atoms with Gasteiger partial charge in [0.15, 0.2) is 0 Å². The minimum absolute atomic E-state index is 0.0751. The van der Waals surface area contributed by atoms with Crippen LogP contribution in [0.15, 0.2) is 36.7 Å². The van der Waals surface area contributed by atoms with Crippen molar-refractivity contribution in [1.29, 1.82) is 0 Å². The lowest BCUT2D eigenvalue weighted by atomic mass is 10.00. The van der Waals surface area contributed by atoms with Crippen LogP contribution < -0.4 is 10.2 Å². The van der Waals surface area contributed by atoms with E-state index >= 15 is 0 Å². The maximum absolute atomic E-state index is 12.7. The molecule has 1 aromatic heterocycles. The van der Waals surface area contributed by atoms with Crippen molar-refractivity contribution in [2.75, 3.05) is 23.3 Å². The third-order valence-corrected chi connectivity index (χ3v) is 4.41. The number of amides is 1. The molecule has 0 atom stereocenters. The molecule has 0 bridgehead atoms. The molecule has 138 valence electrons. The molecule has 0 spiro atoms. The number of nitrogens with zero attached hydrogens (tertiary/aromatic N) is 3. The van der Waals surface area contributed by atoms with Crippen molar-refractivity contribution in [2.45, 2.75) is 25.9 Å². The van der Waals surface area contributed by atoms with E-state index in [2.05, 4.69) is 27.1 Å². The molecule has 26 heavy (non-hydrogen) atoms. The fraction of sp³-hybridized carbons (Fsp3) is 0.389. The largest absolute Gasteiger partial charge is 0.416 e. The molecule has 0 radical (unpaired) electrons. The van der Waals surface area contributed by atoms with E-state index in [0.717, 1.165) is 38.1 Å². The first kappa shape index (κ1) is 18.2. The van der Waals surface area contributed by atoms with E-state index in [4.69, 9.17) is 0 Å². The molecule has 0 unspecified atom stereocenters. The van der Waals surface area contributed by atoms with Gasteiger partial charge in [-0.3, -0.25) is 4.79 Å². The summed E-state index contributed by atoms with van der Waals surface area (Å²) in [5.74, 6) is 0.644. The van der Waals surface area contributed by atoms with Crippen molar-refractivity contribution in [1.82, 2.24) is 9.97 Å². The van der Waals surface area contributed by atoms with Crippen LogP contribution in [0.1, 0.15) is 35.7 Å². The Balaban J connectivity index is 1.66. The van der Waals surface area contributed by atoms with Gasteiger partial charge in [-0.1, -0.05) is 13.0 Å². The van der Waals surface area contributed by atoms with E-state index in [0.29, 0.717) is 17.6 Å². The van der Waals surface area contributed by atoms with Crippen molar-refractivity contribution in [2.24, 2.45) is 5.92 Å². The molecule has 2 aromatic rings. The summed E-state index contributed by atoms with van der Waals surface area (Å²) >= 11 is 0. The Morgan fingerprint density at radius 2 is 1.85 bits per heavy atom. The molecule has 3 rings (SSSR count). The first-order valence-electron chi connectivity index (χ1n) is 8.38. The van der Waals surface area contributed by atoms with Gasteiger partial charge in [-0.25, -0.2) is 9.97 Å². The lowest BCUT2D eigenvalue weighted by Crippen LogP contribution is -2.34. The van der Waals surface area contributed by atoms with Gasteiger partial charge in [0.2, 0.25) is 5.95 Å². The van der Waals surface area contributed by atoms with E-state index in [9.17, 15) is 18.0 Å². The van der Waals surface area contributed by atoms with Gasteiger partial charge in [-0.2, -0.15) is 13.2 Å². The number of benzene rings is 1. The second kappa shape index (κ2) is 7.31. The zero-order valence-corrected chi connectivity index (χ0v) is 14.3. The molecule has 8 heteroatoms. The van der Waals surface area contributed by atoms with Gasteiger partial charge in [0, 0.05) is 18.7 Å². The molecule has 2 heterocycles. The highest BCUT2D eigenvalue weighted by molar-refractivity contribution is 6.04. The Morgan fingerprint density at radius 1 is 1.19 bits per heavy atom. The summed E-state index contributed by atoms with van der Waals surface area (Å²) in [5, 5.41) is 2.52. The average molecular weight is 364 g/mol. The minimum Gasteiger partial charge on any atom is -0.341 e. The van der Waals surface area contributed by atoms with Gasteiger partial charge in [-0.15, -0.1) is 0 Å². The van der Waals surface area contributed by atoms with Crippen LogP contribution in [-0.2, 0) is 6.18 Å². The number of hydrogen-bond acceptors (Lipinski definition) is 4. The second-order valence-electron chi connectivity index (χ2n) is 6.47. The molecule has 5 nitrogen and oxygen atoms in total. The van der Waals surface area contributed by atoms with Gasteiger partial charge < -0.3 is 10.2 Å². The number of aromatic nitrogens is 2. The number of anilines is 2. The SMILES string of the molecule is CC1CCN(c2ncc(NC(=O)c3cccc(C(F)(F)F)c3)cn2)CC1. The first-order valence-corrected chi connectivity index (χ1v) is 8.38.